The summed E-state index contributed by atoms with van der Waals surface area (Å²) >= 11 is 0. The summed E-state index contributed by atoms with van der Waals surface area (Å²) in [7, 11) is 0. The van der Waals surface area contributed by atoms with Crippen molar-refractivity contribution in [1.29, 1.82) is 0 Å². The molecule has 1 fully saturated rings. The van der Waals surface area contributed by atoms with Gasteiger partial charge in [0.15, 0.2) is 0 Å². The van der Waals surface area contributed by atoms with Crippen LogP contribution in [0.5, 0.6) is 0 Å². The Bertz CT molecular complexity index is 474. The summed E-state index contributed by atoms with van der Waals surface area (Å²) in [6.45, 7) is 3.16. The molecular weight excluding hydrogens is 260 g/mol. The first-order valence-electron chi connectivity index (χ1n) is 6.78. The number of hydrogen-bond donors (Lipinski definition) is 2. The predicted octanol–water partition coefficient (Wildman–Crippen LogP) is 0.922. The van der Waals surface area contributed by atoms with E-state index in [9.17, 15) is 14.7 Å². The second kappa shape index (κ2) is 5.94. The van der Waals surface area contributed by atoms with E-state index in [1.165, 1.54) is 4.90 Å². The third kappa shape index (κ3) is 2.92. The SMILES string of the molecule is CC1(C(=O)O)CCCCN1C(=O)NCCn1ccnc1. The molecule has 2 amide bonds. The highest BCUT2D eigenvalue weighted by Gasteiger charge is 2.43. The van der Waals surface area contributed by atoms with E-state index in [0.29, 0.717) is 26.1 Å². The van der Waals surface area contributed by atoms with Gasteiger partial charge in [-0.25, -0.2) is 14.6 Å². The van der Waals surface area contributed by atoms with E-state index in [4.69, 9.17) is 0 Å². The van der Waals surface area contributed by atoms with Crippen molar-refractivity contribution < 1.29 is 14.7 Å². The van der Waals surface area contributed by atoms with Gasteiger partial charge in [0.05, 0.1) is 6.33 Å². The van der Waals surface area contributed by atoms with Gasteiger partial charge in [0.2, 0.25) is 0 Å². The van der Waals surface area contributed by atoms with Crippen LogP contribution in [-0.2, 0) is 11.3 Å². The minimum Gasteiger partial charge on any atom is -0.480 e. The van der Waals surface area contributed by atoms with E-state index in [1.54, 1.807) is 19.4 Å². The number of amides is 2. The smallest absolute Gasteiger partial charge is 0.329 e. The molecule has 1 atom stereocenters. The topological polar surface area (TPSA) is 87.5 Å². The summed E-state index contributed by atoms with van der Waals surface area (Å²) < 4.78 is 1.85. The van der Waals surface area contributed by atoms with E-state index < -0.39 is 11.5 Å². The minimum absolute atomic E-state index is 0.310. The first kappa shape index (κ1) is 14.4. The Morgan fingerprint density at radius 1 is 1.45 bits per heavy atom. The lowest BCUT2D eigenvalue weighted by molar-refractivity contribution is -0.150. The summed E-state index contributed by atoms with van der Waals surface area (Å²) in [4.78, 5) is 28.9. The summed E-state index contributed by atoms with van der Waals surface area (Å²) in [6, 6.07) is -0.310. The molecule has 7 heteroatoms. The fraction of sp³-hybridized carbons (Fsp3) is 0.615. The van der Waals surface area contributed by atoms with Crippen molar-refractivity contribution in [3.8, 4) is 0 Å². The number of nitrogens with zero attached hydrogens (tertiary/aromatic N) is 3. The van der Waals surface area contributed by atoms with E-state index in [0.717, 1.165) is 12.8 Å². The molecule has 2 N–H and O–H groups in total. The van der Waals surface area contributed by atoms with Gasteiger partial charge >= 0.3 is 12.0 Å². The number of carboxylic acid groups (broad SMARTS) is 1. The highest BCUT2D eigenvalue weighted by atomic mass is 16.4. The van der Waals surface area contributed by atoms with Gasteiger partial charge in [0.25, 0.3) is 0 Å². The Balaban J connectivity index is 1.91. The summed E-state index contributed by atoms with van der Waals surface area (Å²) in [5.41, 5.74) is -1.10. The van der Waals surface area contributed by atoms with Gasteiger partial charge in [-0.05, 0) is 26.2 Å². The van der Waals surface area contributed by atoms with Crippen LogP contribution in [-0.4, -0.2) is 50.2 Å². The molecule has 0 aliphatic carbocycles. The molecule has 0 aromatic carbocycles. The molecule has 1 aliphatic heterocycles. The quantitative estimate of drug-likeness (QED) is 0.858. The molecule has 0 spiro atoms. The molecule has 1 aromatic heterocycles. The number of carbonyl (C=O) groups excluding carboxylic acids is 1. The number of piperidine rings is 1. The standard InChI is InChI=1S/C13H20N4O3/c1-13(11(18)19)4-2-3-7-17(13)12(20)15-6-9-16-8-5-14-10-16/h5,8,10H,2-4,6-7,9H2,1H3,(H,15,20)(H,18,19). The Morgan fingerprint density at radius 2 is 2.25 bits per heavy atom. The van der Waals surface area contributed by atoms with Crippen LogP contribution in [0.25, 0.3) is 0 Å². The molecule has 110 valence electrons. The third-order valence-corrected chi connectivity index (χ3v) is 3.80. The average Bonchev–Trinajstić information content (AvgIpc) is 2.92. The maximum atomic E-state index is 12.2. The van der Waals surface area contributed by atoms with Crippen LogP contribution in [0, 0.1) is 0 Å². The highest BCUT2D eigenvalue weighted by Crippen LogP contribution is 2.28. The predicted molar refractivity (Wildman–Crippen MR) is 72.2 cm³/mol. The molecule has 1 aliphatic rings. The van der Waals surface area contributed by atoms with Crippen LogP contribution in [0.1, 0.15) is 26.2 Å². The molecule has 1 aromatic rings. The first-order valence-corrected chi connectivity index (χ1v) is 6.78. The van der Waals surface area contributed by atoms with Crippen molar-refractivity contribution in [3.05, 3.63) is 18.7 Å². The van der Waals surface area contributed by atoms with Gasteiger partial charge in [0.1, 0.15) is 5.54 Å². The number of urea groups is 1. The van der Waals surface area contributed by atoms with E-state index >= 15 is 0 Å². The summed E-state index contributed by atoms with van der Waals surface area (Å²) in [5.74, 6) is -0.943. The van der Waals surface area contributed by atoms with Crippen molar-refractivity contribution in [2.24, 2.45) is 0 Å². The third-order valence-electron chi connectivity index (χ3n) is 3.80. The van der Waals surface area contributed by atoms with Crippen molar-refractivity contribution in [1.82, 2.24) is 19.8 Å². The van der Waals surface area contributed by atoms with Gasteiger partial charge in [-0.1, -0.05) is 0 Å². The van der Waals surface area contributed by atoms with Crippen molar-refractivity contribution in [2.45, 2.75) is 38.3 Å². The molecule has 0 radical (unpaired) electrons. The number of aromatic nitrogens is 2. The van der Waals surface area contributed by atoms with E-state index in [2.05, 4.69) is 10.3 Å². The lowest BCUT2D eigenvalue weighted by Crippen LogP contribution is -2.60. The normalized spacial score (nSPS) is 22.6. The van der Waals surface area contributed by atoms with Gasteiger partial charge < -0.3 is 19.9 Å². The maximum Gasteiger partial charge on any atom is 0.329 e. The highest BCUT2D eigenvalue weighted by molar-refractivity contribution is 5.86. The number of imidazole rings is 1. The Hall–Kier alpha value is -2.05. The molecule has 2 heterocycles. The lowest BCUT2D eigenvalue weighted by atomic mass is 9.89. The van der Waals surface area contributed by atoms with Crippen LogP contribution >= 0.6 is 0 Å². The van der Waals surface area contributed by atoms with E-state index in [1.807, 2.05) is 10.8 Å². The second-order valence-corrected chi connectivity index (χ2v) is 5.22. The molecule has 1 unspecified atom stereocenters. The number of aliphatic carboxylic acids is 1. The second-order valence-electron chi connectivity index (χ2n) is 5.22. The van der Waals surface area contributed by atoms with Crippen LogP contribution in [0.3, 0.4) is 0 Å². The lowest BCUT2D eigenvalue weighted by Gasteiger charge is -2.41. The van der Waals surface area contributed by atoms with Gasteiger partial charge in [-0.15, -0.1) is 0 Å². The molecular formula is C13H20N4O3. The monoisotopic (exact) mass is 280 g/mol. The number of likely N-dealkylation sites (tertiary alicyclic amines) is 1. The van der Waals surface area contributed by atoms with Crippen LogP contribution in [0.2, 0.25) is 0 Å². The minimum atomic E-state index is -1.10. The number of nitrogens with one attached hydrogen (secondary N) is 1. The van der Waals surface area contributed by atoms with Crippen molar-refractivity contribution in [3.63, 3.8) is 0 Å². The molecule has 2 rings (SSSR count). The van der Waals surface area contributed by atoms with Gasteiger partial charge in [-0.3, -0.25) is 0 Å². The number of rotatable bonds is 4. The number of hydrogen-bond acceptors (Lipinski definition) is 3. The average molecular weight is 280 g/mol. The van der Waals surface area contributed by atoms with Crippen LogP contribution in [0.15, 0.2) is 18.7 Å². The fourth-order valence-corrected chi connectivity index (χ4v) is 2.48. The Kier molecular flexibility index (Phi) is 4.26. The zero-order valence-corrected chi connectivity index (χ0v) is 11.6. The molecule has 7 nitrogen and oxygen atoms in total. The van der Waals surface area contributed by atoms with Crippen LogP contribution in [0.4, 0.5) is 4.79 Å². The maximum absolute atomic E-state index is 12.2. The summed E-state index contributed by atoms with van der Waals surface area (Å²) in [6.07, 6.45) is 7.34. The van der Waals surface area contributed by atoms with E-state index in [-0.39, 0.29) is 6.03 Å². The van der Waals surface area contributed by atoms with Crippen molar-refractivity contribution >= 4 is 12.0 Å². The number of carboxylic acids is 1. The molecule has 0 saturated carbocycles. The largest absolute Gasteiger partial charge is 0.480 e. The van der Waals surface area contributed by atoms with Gasteiger partial charge in [0, 0.05) is 32.0 Å². The molecule has 1 saturated heterocycles. The Labute approximate surface area is 117 Å². The fourth-order valence-electron chi connectivity index (χ4n) is 2.48. The molecule has 0 bridgehead atoms. The summed E-state index contributed by atoms with van der Waals surface area (Å²) in [5, 5.41) is 12.1. The number of carbonyl (C=O) groups is 2. The zero-order chi connectivity index (χ0) is 14.6. The zero-order valence-electron chi connectivity index (χ0n) is 11.6. The first-order chi connectivity index (χ1) is 9.54. The van der Waals surface area contributed by atoms with Crippen LogP contribution < -0.4 is 5.32 Å². The van der Waals surface area contributed by atoms with Gasteiger partial charge in [-0.2, -0.15) is 0 Å². The molecule has 20 heavy (non-hydrogen) atoms. The van der Waals surface area contributed by atoms with Crippen molar-refractivity contribution in [2.75, 3.05) is 13.1 Å². The Morgan fingerprint density at radius 3 is 2.90 bits per heavy atom.